The van der Waals surface area contributed by atoms with Gasteiger partial charge in [-0.1, -0.05) is 29.0 Å². The van der Waals surface area contributed by atoms with Crippen molar-refractivity contribution in [2.75, 3.05) is 18.9 Å². The number of aryl methyl sites for hydroxylation is 4. The zero-order valence-corrected chi connectivity index (χ0v) is 16.7. The van der Waals surface area contributed by atoms with Crippen molar-refractivity contribution >= 4 is 28.8 Å². The Morgan fingerprint density at radius 1 is 1.15 bits per heavy atom. The van der Waals surface area contributed by atoms with Gasteiger partial charge in [0.2, 0.25) is 11.8 Å². The summed E-state index contributed by atoms with van der Waals surface area (Å²) in [6.07, 6.45) is 0.184. The highest BCUT2D eigenvalue weighted by molar-refractivity contribution is 7.07. The Bertz CT molecular complexity index is 859. The highest BCUT2D eigenvalue weighted by Gasteiger charge is 2.15. The molecule has 140 valence electrons. The van der Waals surface area contributed by atoms with E-state index in [1.54, 1.807) is 17.0 Å². The third-order valence-electron chi connectivity index (χ3n) is 4.27. The van der Waals surface area contributed by atoms with Gasteiger partial charge in [-0.25, -0.2) is 0 Å². The normalized spacial score (nSPS) is 10.7. The molecule has 0 saturated carbocycles. The minimum Gasteiger partial charge on any atom is -0.336 e. The van der Waals surface area contributed by atoms with Gasteiger partial charge >= 0.3 is 4.87 Å². The van der Waals surface area contributed by atoms with Crippen molar-refractivity contribution in [3.8, 4) is 0 Å². The lowest BCUT2D eigenvalue weighted by atomic mass is 10.1. The van der Waals surface area contributed by atoms with Crippen LogP contribution in [0.1, 0.15) is 28.8 Å². The van der Waals surface area contributed by atoms with Crippen LogP contribution in [0, 0.1) is 27.7 Å². The summed E-state index contributed by atoms with van der Waals surface area (Å²) in [6.45, 7) is 8.05. The van der Waals surface area contributed by atoms with Crippen LogP contribution in [0.25, 0.3) is 0 Å². The molecule has 0 atom stereocenters. The van der Waals surface area contributed by atoms with Crippen molar-refractivity contribution in [2.24, 2.45) is 0 Å². The predicted octanol–water partition coefficient (Wildman–Crippen LogP) is 2.63. The van der Waals surface area contributed by atoms with E-state index in [0.717, 1.165) is 39.4 Å². The van der Waals surface area contributed by atoms with Gasteiger partial charge in [-0.3, -0.25) is 14.4 Å². The number of amides is 2. The van der Waals surface area contributed by atoms with Crippen LogP contribution in [0.3, 0.4) is 0 Å². The van der Waals surface area contributed by atoms with E-state index in [4.69, 9.17) is 0 Å². The molecule has 0 aliphatic carbocycles. The minimum atomic E-state index is -0.236. The molecule has 7 heteroatoms. The van der Waals surface area contributed by atoms with E-state index in [2.05, 4.69) is 5.32 Å². The Kier molecular flexibility index (Phi) is 6.37. The fourth-order valence-electron chi connectivity index (χ4n) is 2.93. The zero-order valence-electron chi connectivity index (χ0n) is 15.9. The van der Waals surface area contributed by atoms with E-state index in [0.29, 0.717) is 6.54 Å². The molecule has 0 unspecified atom stereocenters. The lowest BCUT2D eigenvalue weighted by Gasteiger charge is -2.18. The van der Waals surface area contributed by atoms with Crippen molar-refractivity contribution in [3.05, 3.63) is 49.6 Å². The number of nitrogens with one attached hydrogen (secondary N) is 1. The molecule has 1 aromatic carbocycles. The molecule has 0 fully saturated rings. The topological polar surface area (TPSA) is 71.4 Å². The molecule has 26 heavy (non-hydrogen) atoms. The van der Waals surface area contributed by atoms with Crippen molar-refractivity contribution in [2.45, 2.75) is 40.7 Å². The first-order valence-electron chi connectivity index (χ1n) is 8.45. The number of hydrogen-bond donors (Lipinski definition) is 1. The molecule has 2 amide bonds. The van der Waals surface area contributed by atoms with Crippen LogP contribution >= 0.6 is 11.3 Å². The first kappa shape index (κ1) is 19.9. The van der Waals surface area contributed by atoms with Crippen LogP contribution in [0.15, 0.2) is 22.3 Å². The van der Waals surface area contributed by atoms with E-state index in [9.17, 15) is 14.4 Å². The number of carbonyl (C=O) groups excluding carboxylic acids is 2. The predicted molar refractivity (Wildman–Crippen MR) is 105 cm³/mol. The maximum atomic E-state index is 12.3. The molecule has 0 radical (unpaired) electrons. The molecule has 2 aromatic rings. The second-order valence-corrected chi connectivity index (χ2v) is 7.44. The van der Waals surface area contributed by atoms with Crippen molar-refractivity contribution in [1.29, 1.82) is 0 Å². The van der Waals surface area contributed by atoms with E-state index in [1.165, 1.54) is 4.90 Å². The molecule has 1 N–H and O–H groups in total. The molecule has 1 heterocycles. The molecule has 6 nitrogen and oxygen atoms in total. The molecule has 0 aliphatic rings. The number of thiazole rings is 1. The van der Waals surface area contributed by atoms with Gasteiger partial charge in [-0.2, -0.15) is 0 Å². The van der Waals surface area contributed by atoms with Gasteiger partial charge in [-0.05, 0) is 38.8 Å². The number of anilines is 1. The molecule has 0 spiro atoms. The Morgan fingerprint density at radius 2 is 1.77 bits per heavy atom. The van der Waals surface area contributed by atoms with Crippen LogP contribution in [0.5, 0.6) is 0 Å². The lowest BCUT2D eigenvalue weighted by molar-refractivity contribution is -0.133. The Labute approximate surface area is 157 Å². The van der Waals surface area contributed by atoms with Crippen LogP contribution in [-0.2, 0) is 16.1 Å². The summed E-state index contributed by atoms with van der Waals surface area (Å²) in [7, 11) is 1.60. The molecule has 1 aromatic heterocycles. The van der Waals surface area contributed by atoms with Crippen LogP contribution in [0.4, 0.5) is 5.69 Å². The summed E-state index contributed by atoms with van der Waals surface area (Å²) < 4.78 is 1.58. The second-order valence-electron chi connectivity index (χ2n) is 6.62. The summed E-state index contributed by atoms with van der Waals surface area (Å²) in [5, 5.41) is 4.67. The molecule has 2 rings (SSSR count). The fourth-order valence-corrected chi connectivity index (χ4v) is 3.69. The Morgan fingerprint density at radius 3 is 2.31 bits per heavy atom. The van der Waals surface area contributed by atoms with E-state index >= 15 is 0 Å². The summed E-state index contributed by atoms with van der Waals surface area (Å²) in [6, 6.07) is 4.02. The number of nitrogens with zero attached hydrogens (tertiary/aromatic N) is 2. The molecule has 0 bridgehead atoms. The van der Waals surface area contributed by atoms with E-state index < -0.39 is 0 Å². The van der Waals surface area contributed by atoms with Gasteiger partial charge in [0.1, 0.15) is 0 Å². The second kappa shape index (κ2) is 8.31. The van der Waals surface area contributed by atoms with Crippen molar-refractivity contribution in [1.82, 2.24) is 9.47 Å². The van der Waals surface area contributed by atoms with Gasteiger partial charge < -0.3 is 14.8 Å². The number of benzene rings is 1. The lowest BCUT2D eigenvalue weighted by Crippen LogP contribution is -2.36. The number of carbonyl (C=O) groups is 2. The van der Waals surface area contributed by atoms with Gasteiger partial charge in [0.05, 0.1) is 6.54 Å². The van der Waals surface area contributed by atoms with Gasteiger partial charge in [-0.15, -0.1) is 0 Å². The highest BCUT2D eigenvalue weighted by atomic mass is 32.1. The van der Waals surface area contributed by atoms with Crippen LogP contribution in [0.2, 0.25) is 0 Å². The largest absolute Gasteiger partial charge is 0.336 e. The number of rotatable bonds is 6. The van der Waals surface area contributed by atoms with E-state index in [-0.39, 0.29) is 29.7 Å². The standard InChI is InChI=1S/C19H25N3O3S/c1-12-8-13(2)18(14(3)9-12)20-16(23)10-21(5)17(24)6-7-22-15(4)11-26-19(22)25/h8-9,11H,6-7,10H2,1-5H3,(H,20,23). The SMILES string of the molecule is Cc1cc(C)c(NC(=O)CN(C)C(=O)CCn2c(C)csc2=O)c(C)c1. The van der Waals surface area contributed by atoms with Gasteiger partial charge in [0.25, 0.3) is 0 Å². The third-order valence-corrected chi connectivity index (χ3v) is 5.15. The zero-order chi connectivity index (χ0) is 19.4. The first-order valence-corrected chi connectivity index (χ1v) is 9.33. The monoisotopic (exact) mass is 375 g/mol. The fraction of sp³-hybridized carbons (Fsp3) is 0.421. The smallest absolute Gasteiger partial charge is 0.307 e. The minimum absolute atomic E-state index is 0.0247. The molecular formula is C19H25N3O3S. The number of hydrogen-bond acceptors (Lipinski definition) is 4. The quantitative estimate of drug-likeness (QED) is 0.844. The van der Waals surface area contributed by atoms with Crippen LogP contribution < -0.4 is 10.2 Å². The van der Waals surface area contributed by atoms with Gasteiger partial charge in [0.15, 0.2) is 0 Å². The summed E-state index contributed by atoms with van der Waals surface area (Å²) in [4.78, 5) is 37.6. The number of likely N-dealkylation sites (N-methyl/N-ethyl adjacent to an activating group) is 1. The molecule has 0 aliphatic heterocycles. The Balaban J connectivity index is 1.92. The molecular weight excluding hydrogens is 350 g/mol. The summed E-state index contributed by atoms with van der Waals surface area (Å²) >= 11 is 1.12. The number of aromatic nitrogens is 1. The Hall–Kier alpha value is -2.41. The average Bonchev–Trinajstić information content (AvgIpc) is 2.87. The van der Waals surface area contributed by atoms with Crippen LogP contribution in [-0.4, -0.2) is 34.9 Å². The van der Waals surface area contributed by atoms with Crippen molar-refractivity contribution in [3.63, 3.8) is 0 Å². The van der Waals surface area contributed by atoms with Gasteiger partial charge in [0, 0.05) is 36.8 Å². The van der Waals surface area contributed by atoms with E-state index in [1.807, 2.05) is 39.8 Å². The maximum absolute atomic E-state index is 12.3. The molecule has 0 saturated heterocycles. The summed E-state index contributed by atoms with van der Waals surface area (Å²) in [5.41, 5.74) is 4.78. The summed E-state index contributed by atoms with van der Waals surface area (Å²) in [5.74, 6) is -0.408. The third kappa shape index (κ3) is 4.82. The maximum Gasteiger partial charge on any atom is 0.307 e. The van der Waals surface area contributed by atoms with Crippen molar-refractivity contribution < 1.29 is 9.59 Å². The first-order chi connectivity index (χ1) is 12.2. The highest BCUT2D eigenvalue weighted by Crippen LogP contribution is 2.21. The average molecular weight is 375 g/mol.